The molecule has 20 heavy (non-hydrogen) atoms. The Bertz CT molecular complexity index is 468. The quantitative estimate of drug-likeness (QED) is 0.243. The maximum absolute atomic E-state index is 11.3. The maximum atomic E-state index is 11.3. The highest BCUT2D eigenvalue weighted by Crippen LogP contribution is 2.17. The van der Waals surface area contributed by atoms with Crippen molar-refractivity contribution in [2.45, 2.75) is 51.9 Å². The van der Waals surface area contributed by atoms with Gasteiger partial charge in [0.15, 0.2) is 0 Å². The summed E-state index contributed by atoms with van der Waals surface area (Å²) >= 11 is 1.78. The van der Waals surface area contributed by atoms with Crippen molar-refractivity contribution >= 4 is 32.7 Å². The van der Waals surface area contributed by atoms with E-state index in [1.54, 1.807) is 34.7 Å². The van der Waals surface area contributed by atoms with Crippen LogP contribution in [0.25, 0.3) is 0 Å². The first kappa shape index (κ1) is 17.8. The first-order chi connectivity index (χ1) is 9.57. The number of aryl methyl sites for hydroxylation is 1. The van der Waals surface area contributed by atoms with Crippen LogP contribution in [0.2, 0.25) is 0 Å². The van der Waals surface area contributed by atoms with Gasteiger partial charge in [-0.2, -0.15) is 8.42 Å². The van der Waals surface area contributed by atoms with Crippen LogP contribution in [-0.4, -0.2) is 12.2 Å². The number of halogens is 1. The normalized spacial score (nSPS) is 11.5. The summed E-state index contributed by atoms with van der Waals surface area (Å²) in [7, 11) is -3.43. The van der Waals surface area contributed by atoms with Gasteiger partial charge in [-0.05, 0) is 30.5 Å². The Balaban J connectivity index is 2.32. The van der Waals surface area contributed by atoms with E-state index in [1.807, 2.05) is 12.1 Å². The molecule has 0 unspecified atom stereocenters. The number of unbranched alkanes of at least 4 members (excludes halogenated alkanes) is 5. The van der Waals surface area contributed by atoms with Crippen LogP contribution in [-0.2, 0) is 16.5 Å². The molecule has 114 valence electrons. The molecule has 0 bridgehead atoms. The molecular weight excluding hydrogens is 387 g/mol. The third-order valence-corrected chi connectivity index (χ3v) is 6.10. The molecule has 0 aliphatic rings. The number of alkyl halides is 1. The zero-order valence-corrected chi connectivity index (χ0v) is 15.0. The van der Waals surface area contributed by atoms with E-state index in [2.05, 4.69) is 6.92 Å². The summed E-state index contributed by atoms with van der Waals surface area (Å²) in [6.45, 7) is 2.22. The van der Waals surface area contributed by atoms with Gasteiger partial charge in [0.1, 0.15) is 9.51 Å². The summed E-state index contributed by atoms with van der Waals surface area (Å²) in [5, 5.41) is 0. The van der Waals surface area contributed by atoms with Crippen LogP contribution in [0, 0.1) is 0 Å². The molecular formula is C15H23IO3S. The van der Waals surface area contributed by atoms with Crippen molar-refractivity contribution in [1.29, 1.82) is 0 Å². The molecule has 0 aromatic heterocycles. The van der Waals surface area contributed by atoms with Crippen LogP contribution >= 0.6 is 22.6 Å². The van der Waals surface area contributed by atoms with Crippen LogP contribution in [0.5, 0.6) is 5.75 Å². The van der Waals surface area contributed by atoms with Crippen LogP contribution < -0.4 is 4.18 Å². The Kier molecular flexibility index (Phi) is 8.52. The average molecular weight is 410 g/mol. The molecule has 0 radical (unpaired) electrons. The van der Waals surface area contributed by atoms with Gasteiger partial charge >= 0.3 is 10.1 Å². The van der Waals surface area contributed by atoms with E-state index in [0.717, 1.165) is 6.42 Å². The van der Waals surface area contributed by atoms with E-state index in [9.17, 15) is 8.42 Å². The molecule has 0 saturated carbocycles. The van der Waals surface area contributed by atoms with Crippen molar-refractivity contribution in [1.82, 2.24) is 0 Å². The predicted octanol–water partition coefficient (Wildman–Crippen LogP) is 4.69. The zero-order chi connectivity index (χ0) is 14.8. The molecule has 0 amide bonds. The SMILES string of the molecule is CCCCCCCCc1ccc(OS(=O)(=O)CI)cc1. The monoisotopic (exact) mass is 410 g/mol. The highest BCUT2D eigenvalue weighted by atomic mass is 127. The Morgan fingerprint density at radius 1 is 1.00 bits per heavy atom. The third-order valence-electron chi connectivity index (χ3n) is 3.10. The molecule has 0 heterocycles. The first-order valence-corrected chi connectivity index (χ1v) is 10.2. The van der Waals surface area contributed by atoms with Gasteiger partial charge in [-0.3, -0.25) is 0 Å². The molecule has 3 nitrogen and oxygen atoms in total. The Hall–Kier alpha value is -0.300. The lowest BCUT2D eigenvalue weighted by Gasteiger charge is -2.06. The van der Waals surface area contributed by atoms with Crippen LogP contribution in [0.4, 0.5) is 0 Å². The van der Waals surface area contributed by atoms with Crippen molar-refractivity contribution < 1.29 is 12.6 Å². The molecule has 0 saturated heterocycles. The van der Waals surface area contributed by atoms with Crippen molar-refractivity contribution in [3.05, 3.63) is 29.8 Å². The number of benzene rings is 1. The van der Waals surface area contributed by atoms with Crippen molar-refractivity contribution in [2.24, 2.45) is 0 Å². The highest BCUT2D eigenvalue weighted by molar-refractivity contribution is 14.1. The maximum Gasteiger partial charge on any atom is 0.318 e. The fourth-order valence-electron chi connectivity index (χ4n) is 1.99. The van der Waals surface area contributed by atoms with Crippen molar-refractivity contribution in [3.63, 3.8) is 0 Å². The molecule has 0 N–H and O–H groups in total. The van der Waals surface area contributed by atoms with Gasteiger partial charge in [-0.25, -0.2) is 0 Å². The van der Waals surface area contributed by atoms with E-state index in [0.29, 0.717) is 5.75 Å². The third kappa shape index (κ3) is 7.47. The Morgan fingerprint density at radius 3 is 2.20 bits per heavy atom. The second-order valence-corrected chi connectivity index (χ2v) is 8.28. The van der Waals surface area contributed by atoms with Gasteiger partial charge in [0.05, 0.1) is 0 Å². The molecule has 0 atom stereocenters. The number of hydrogen-bond acceptors (Lipinski definition) is 3. The molecule has 1 aromatic rings. The molecule has 0 aliphatic carbocycles. The minimum Gasteiger partial charge on any atom is -0.382 e. The molecule has 0 fully saturated rings. The summed E-state index contributed by atoms with van der Waals surface area (Å²) < 4.78 is 27.5. The number of rotatable bonds is 10. The second-order valence-electron chi connectivity index (χ2n) is 4.91. The number of hydrogen-bond donors (Lipinski definition) is 0. The summed E-state index contributed by atoms with van der Waals surface area (Å²) in [6, 6.07) is 7.36. The van der Waals surface area contributed by atoms with E-state index in [4.69, 9.17) is 4.18 Å². The van der Waals surface area contributed by atoms with Gasteiger partial charge in [0.25, 0.3) is 0 Å². The Labute approximate surface area is 136 Å². The largest absolute Gasteiger partial charge is 0.382 e. The van der Waals surface area contributed by atoms with Gasteiger partial charge < -0.3 is 4.18 Å². The van der Waals surface area contributed by atoms with Crippen molar-refractivity contribution in [2.75, 3.05) is 3.76 Å². The summed E-state index contributed by atoms with van der Waals surface area (Å²) in [4.78, 5) is 0. The Morgan fingerprint density at radius 2 is 1.60 bits per heavy atom. The van der Waals surface area contributed by atoms with Gasteiger partial charge in [0.2, 0.25) is 0 Å². The van der Waals surface area contributed by atoms with E-state index in [1.165, 1.54) is 44.1 Å². The minimum atomic E-state index is -3.43. The van der Waals surface area contributed by atoms with Crippen LogP contribution in [0.1, 0.15) is 51.0 Å². The van der Waals surface area contributed by atoms with Gasteiger partial charge in [-0.15, -0.1) is 0 Å². The molecule has 1 rings (SSSR count). The van der Waals surface area contributed by atoms with E-state index >= 15 is 0 Å². The summed E-state index contributed by atoms with van der Waals surface area (Å²) in [5.41, 5.74) is 1.24. The van der Waals surface area contributed by atoms with Crippen molar-refractivity contribution in [3.8, 4) is 5.75 Å². The van der Waals surface area contributed by atoms with E-state index in [-0.39, 0.29) is 3.76 Å². The average Bonchev–Trinajstić information content (AvgIpc) is 2.44. The fraction of sp³-hybridized carbons (Fsp3) is 0.600. The second kappa shape index (κ2) is 9.60. The van der Waals surface area contributed by atoms with E-state index < -0.39 is 10.1 Å². The molecule has 1 aromatic carbocycles. The van der Waals surface area contributed by atoms with Gasteiger partial charge in [-0.1, -0.05) is 73.8 Å². The topological polar surface area (TPSA) is 43.4 Å². The molecule has 0 spiro atoms. The lowest BCUT2D eigenvalue weighted by Crippen LogP contribution is -2.09. The summed E-state index contributed by atoms with van der Waals surface area (Å²) in [6.07, 6.45) is 8.75. The predicted molar refractivity (Wildman–Crippen MR) is 92.0 cm³/mol. The minimum absolute atomic E-state index is 0.0374. The standard InChI is InChI=1S/C15H23IO3S/c1-2-3-4-5-6-7-8-14-9-11-15(12-10-14)19-20(17,18)13-16/h9-12H,2-8,13H2,1H3. The first-order valence-electron chi connectivity index (χ1n) is 7.14. The van der Waals surface area contributed by atoms with Crippen LogP contribution in [0.3, 0.4) is 0 Å². The highest BCUT2D eigenvalue weighted by Gasteiger charge is 2.09. The molecule has 0 aliphatic heterocycles. The smallest absolute Gasteiger partial charge is 0.318 e. The lowest BCUT2D eigenvalue weighted by atomic mass is 10.1. The lowest BCUT2D eigenvalue weighted by molar-refractivity contribution is 0.492. The zero-order valence-electron chi connectivity index (χ0n) is 12.0. The summed E-state index contributed by atoms with van der Waals surface area (Å²) in [5.74, 6) is 0.397. The molecule has 5 heteroatoms. The van der Waals surface area contributed by atoms with Crippen LogP contribution in [0.15, 0.2) is 24.3 Å². The fourth-order valence-corrected chi connectivity index (χ4v) is 2.82. The van der Waals surface area contributed by atoms with Gasteiger partial charge in [0, 0.05) is 0 Å².